The molecule has 0 spiro atoms. The van der Waals surface area contributed by atoms with Crippen LogP contribution in [0.15, 0.2) is 9.59 Å². The number of nitrogens with two attached hydrogens (primary N) is 2. The van der Waals surface area contributed by atoms with Crippen molar-refractivity contribution in [1.29, 1.82) is 0 Å². The zero-order chi connectivity index (χ0) is 14.7. The van der Waals surface area contributed by atoms with E-state index in [9.17, 15) is 14.4 Å². The van der Waals surface area contributed by atoms with Crippen molar-refractivity contribution in [2.75, 3.05) is 11.1 Å². The van der Waals surface area contributed by atoms with Crippen LogP contribution in [0, 0.1) is 0 Å². The van der Waals surface area contributed by atoms with Crippen molar-refractivity contribution in [1.82, 2.24) is 9.13 Å². The average Bonchev–Trinajstić information content (AvgIpc) is 2.37. The van der Waals surface area contributed by atoms with Gasteiger partial charge in [-0.05, 0) is 13.3 Å². The zero-order valence-electron chi connectivity index (χ0n) is 11.3. The molecule has 106 valence electrons. The van der Waals surface area contributed by atoms with Crippen LogP contribution in [-0.4, -0.2) is 21.1 Å². The van der Waals surface area contributed by atoms with Gasteiger partial charge in [0.15, 0.2) is 0 Å². The van der Waals surface area contributed by atoms with Gasteiger partial charge in [0.1, 0.15) is 17.5 Å². The number of aromatic nitrogens is 2. The number of hydrogen-bond donors (Lipinski definition) is 3. The monoisotopic (exact) mass is 269 g/mol. The molecule has 19 heavy (non-hydrogen) atoms. The van der Waals surface area contributed by atoms with Crippen LogP contribution in [0.5, 0.6) is 0 Å². The summed E-state index contributed by atoms with van der Waals surface area (Å²) < 4.78 is 2.24. The lowest BCUT2D eigenvalue weighted by atomic mass is 10.3. The molecule has 0 bridgehead atoms. The van der Waals surface area contributed by atoms with Crippen LogP contribution in [0.25, 0.3) is 0 Å². The highest BCUT2D eigenvalue weighted by Crippen LogP contribution is 2.12. The van der Waals surface area contributed by atoms with Crippen molar-refractivity contribution in [2.24, 2.45) is 12.8 Å². The van der Waals surface area contributed by atoms with Crippen LogP contribution in [0.1, 0.15) is 20.3 Å². The van der Waals surface area contributed by atoms with Gasteiger partial charge in [-0.3, -0.25) is 18.7 Å². The van der Waals surface area contributed by atoms with Gasteiger partial charge in [0.05, 0.1) is 0 Å². The van der Waals surface area contributed by atoms with E-state index in [1.807, 2.05) is 6.92 Å². The van der Waals surface area contributed by atoms with Gasteiger partial charge in [-0.2, -0.15) is 0 Å². The molecule has 8 heteroatoms. The van der Waals surface area contributed by atoms with E-state index in [1.54, 1.807) is 0 Å². The molecule has 0 aliphatic rings. The Morgan fingerprint density at radius 2 is 2.00 bits per heavy atom. The summed E-state index contributed by atoms with van der Waals surface area (Å²) in [5.74, 6) is -0.599. The molecule has 1 atom stereocenters. The molecule has 0 aliphatic carbocycles. The van der Waals surface area contributed by atoms with Gasteiger partial charge in [0.2, 0.25) is 5.91 Å². The Balaban J connectivity index is 3.43. The van der Waals surface area contributed by atoms with Gasteiger partial charge < -0.3 is 16.8 Å². The molecule has 1 aromatic heterocycles. The molecular weight excluding hydrogens is 250 g/mol. The van der Waals surface area contributed by atoms with Crippen LogP contribution in [0.3, 0.4) is 0 Å². The predicted octanol–water partition coefficient (Wildman–Crippen LogP) is -1.18. The molecule has 0 aliphatic heterocycles. The quantitative estimate of drug-likeness (QED) is 0.620. The first kappa shape index (κ1) is 14.8. The highest BCUT2D eigenvalue weighted by molar-refractivity contribution is 5.83. The van der Waals surface area contributed by atoms with Crippen molar-refractivity contribution in [3.8, 4) is 0 Å². The van der Waals surface area contributed by atoms with E-state index in [4.69, 9.17) is 11.5 Å². The van der Waals surface area contributed by atoms with Crippen LogP contribution in [0.4, 0.5) is 11.5 Å². The number of anilines is 2. The van der Waals surface area contributed by atoms with E-state index in [0.29, 0.717) is 13.0 Å². The van der Waals surface area contributed by atoms with Gasteiger partial charge in [-0.25, -0.2) is 4.79 Å². The van der Waals surface area contributed by atoms with E-state index in [-0.39, 0.29) is 11.5 Å². The first-order valence-electron chi connectivity index (χ1n) is 5.96. The lowest BCUT2D eigenvalue weighted by molar-refractivity contribution is -0.118. The summed E-state index contributed by atoms with van der Waals surface area (Å²) in [7, 11) is 1.36. The topological polar surface area (TPSA) is 125 Å². The molecular formula is C11H19N5O3. The normalized spacial score (nSPS) is 12.2. The standard InChI is InChI=1S/C11H19N5O3/c1-4-5-16-8(12)7(14-6(2)9(13)17)10(18)15(3)11(16)19/h6,14H,4-5,12H2,1-3H3,(H2,13,17). The van der Waals surface area contributed by atoms with Crippen molar-refractivity contribution in [3.63, 3.8) is 0 Å². The third-order valence-electron chi connectivity index (χ3n) is 2.82. The fourth-order valence-electron chi connectivity index (χ4n) is 1.65. The molecule has 1 amide bonds. The molecule has 0 aromatic carbocycles. The van der Waals surface area contributed by atoms with Crippen LogP contribution >= 0.6 is 0 Å². The average molecular weight is 269 g/mol. The number of carbonyl (C=O) groups is 1. The molecule has 1 heterocycles. The van der Waals surface area contributed by atoms with Gasteiger partial charge in [-0.1, -0.05) is 6.92 Å². The van der Waals surface area contributed by atoms with E-state index < -0.39 is 23.2 Å². The highest BCUT2D eigenvalue weighted by Gasteiger charge is 2.18. The Hall–Kier alpha value is -2.25. The summed E-state index contributed by atoms with van der Waals surface area (Å²) in [6.45, 7) is 3.78. The van der Waals surface area contributed by atoms with Crippen molar-refractivity contribution in [3.05, 3.63) is 20.8 Å². The maximum absolute atomic E-state index is 12.0. The predicted molar refractivity (Wildman–Crippen MR) is 72.9 cm³/mol. The molecule has 0 saturated carbocycles. The number of nitrogens with one attached hydrogen (secondary N) is 1. The van der Waals surface area contributed by atoms with Gasteiger partial charge in [0.25, 0.3) is 5.56 Å². The number of carbonyl (C=O) groups excluding carboxylic acids is 1. The molecule has 0 saturated heterocycles. The molecule has 0 fully saturated rings. The van der Waals surface area contributed by atoms with Crippen LogP contribution in [0.2, 0.25) is 0 Å². The fourth-order valence-corrected chi connectivity index (χ4v) is 1.65. The minimum absolute atomic E-state index is 0.0156. The lowest BCUT2D eigenvalue weighted by Gasteiger charge is -2.17. The molecule has 1 unspecified atom stereocenters. The molecule has 0 radical (unpaired) electrons. The maximum atomic E-state index is 12.0. The Bertz CT molecular complexity index is 602. The lowest BCUT2D eigenvalue weighted by Crippen LogP contribution is -2.43. The Kier molecular flexibility index (Phi) is 4.36. The Morgan fingerprint density at radius 3 is 2.47 bits per heavy atom. The summed E-state index contributed by atoms with van der Waals surface area (Å²) in [6, 6.07) is -0.762. The van der Waals surface area contributed by atoms with E-state index in [1.165, 1.54) is 18.5 Å². The molecule has 1 rings (SSSR count). The van der Waals surface area contributed by atoms with E-state index in [0.717, 1.165) is 4.57 Å². The van der Waals surface area contributed by atoms with Gasteiger partial charge in [-0.15, -0.1) is 0 Å². The van der Waals surface area contributed by atoms with Gasteiger partial charge >= 0.3 is 5.69 Å². The second-order valence-electron chi connectivity index (χ2n) is 4.33. The fraction of sp³-hybridized carbons (Fsp3) is 0.545. The Morgan fingerprint density at radius 1 is 1.42 bits per heavy atom. The largest absolute Gasteiger partial charge is 0.383 e. The van der Waals surface area contributed by atoms with Crippen molar-refractivity contribution < 1.29 is 4.79 Å². The summed E-state index contributed by atoms with van der Waals surface area (Å²) in [5, 5.41) is 2.65. The first-order chi connectivity index (χ1) is 8.81. The minimum Gasteiger partial charge on any atom is -0.383 e. The zero-order valence-corrected chi connectivity index (χ0v) is 11.3. The Labute approximate surface area is 110 Å². The van der Waals surface area contributed by atoms with E-state index >= 15 is 0 Å². The summed E-state index contributed by atoms with van der Waals surface area (Å²) in [6.07, 6.45) is 0.688. The number of nitrogens with zero attached hydrogens (tertiary/aromatic N) is 2. The van der Waals surface area contributed by atoms with Crippen molar-refractivity contribution >= 4 is 17.4 Å². The first-order valence-corrected chi connectivity index (χ1v) is 5.96. The molecule has 8 nitrogen and oxygen atoms in total. The van der Waals surface area contributed by atoms with Crippen molar-refractivity contribution in [2.45, 2.75) is 32.9 Å². The number of hydrogen-bond acceptors (Lipinski definition) is 5. The smallest absolute Gasteiger partial charge is 0.332 e. The summed E-state index contributed by atoms with van der Waals surface area (Å²) >= 11 is 0. The summed E-state index contributed by atoms with van der Waals surface area (Å²) in [5.41, 5.74) is 9.90. The second-order valence-corrected chi connectivity index (χ2v) is 4.33. The summed E-state index contributed by atoms with van der Waals surface area (Å²) in [4.78, 5) is 34.9. The number of amides is 1. The number of rotatable bonds is 5. The van der Waals surface area contributed by atoms with Crippen LogP contribution < -0.4 is 28.0 Å². The molecule has 1 aromatic rings. The SMILES string of the molecule is CCCn1c(N)c(NC(C)C(N)=O)c(=O)n(C)c1=O. The maximum Gasteiger partial charge on any atom is 0.332 e. The highest BCUT2D eigenvalue weighted by atomic mass is 16.2. The second kappa shape index (κ2) is 5.59. The third kappa shape index (κ3) is 2.78. The third-order valence-corrected chi connectivity index (χ3v) is 2.82. The van der Waals surface area contributed by atoms with Crippen LogP contribution in [-0.2, 0) is 18.4 Å². The molecule has 5 N–H and O–H groups in total. The van der Waals surface area contributed by atoms with E-state index in [2.05, 4.69) is 5.32 Å². The minimum atomic E-state index is -0.762. The van der Waals surface area contributed by atoms with Gasteiger partial charge in [0, 0.05) is 13.6 Å². The number of primary amides is 1. The number of nitrogen functional groups attached to an aromatic ring is 1.